The minimum atomic E-state index is -0.508. The smallest absolute Gasteiger partial charge is 0.341 e. The number of esters is 1. The molecule has 0 bridgehead atoms. The summed E-state index contributed by atoms with van der Waals surface area (Å²) in [6, 6.07) is -0.494. The molecule has 0 aliphatic carbocycles. The van der Waals surface area contributed by atoms with E-state index >= 15 is 0 Å². The number of nitrogens with one attached hydrogen (secondary N) is 2. The van der Waals surface area contributed by atoms with Crippen molar-refractivity contribution in [3.05, 3.63) is 16.0 Å². The Morgan fingerprint density at radius 1 is 1.35 bits per heavy atom. The van der Waals surface area contributed by atoms with E-state index in [0.717, 1.165) is 21.9 Å². The highest BCUT2D eigenvalue weighted by Crippen LogP contribution is 2.39. The lowest BCUT2D eigenvalue weighted by Gasteiger charge is -2.14. The topological polar surface area (TPSA) is 87.7 Å². The highest BCUT2D eigenvalue weighted by molar-refractivity contribution is 7.17. The fraction of sp³-hybridized carbons (Fsp3) is 0.417. The molecule has 0 atom stereocenters. The first-order valence-corrected chi connectivity index (χ1v) is 6.99. The molecule has 3 rings (SSSR count). The Hall–Kier alpha value is -1.93. The molecule has 1 saturated heterocycles. The number of fused-ring (bicyclic) bond motifs is 1. The number of methoxy groups -OCH3 is 1. The summed E-state index contributed by atoms with van der Waals surface area (Å²) in [5.74, 6) is -0.862. The molecule has 1 aromatic rings. The Kier molecular flexibility index (Phi) is 3.19. The molecule has 0 radical (unpaired) electrons. The molecule has 2 aliphatic rings. The first-order valence-electron chi connectivity index (χ1n) is 6.18. The molecular formula is C12H13N3O4S. The maximum absolute atomic E-state index is 12.0. The van der Waals surface area contributed by atoms with Crippen molar-refractivity contribution < 1.29 is 19.1 Å². The number of hydrogen-bond acceptors (Lipinski definition) is 6. The SMILES string of the molecule is COC(=O)c1c(N2C(=O)CNC2=O)sc2c1CCNC2. The second kappa shape index (κ2) is 4.88. The van der Waals surface area contributed by atoms with Crippen LogP contribution in [0, 0.1) is 0 Å². The van der Waals surface area contributed by atoms with Gasteiger partial charge in [0.25, 0.3) is 5.91 Å². The molecule has 106 valence electrons. The minimum absolute atomic E-state index is 0.0414. The van der Waals surface area contributed by atoms with Crippen molar-refractivity contribution >= 4 is 34.2 Å². The normalized spacial score (nSPS) is 17.9. The number of carbonyl (C=O) groups is 3. The number of amides is 3. The van der Waals surface area contributed by atoms with Crippen LogP contribution in [-0.2, 0) is 22.5 Å². The summed E-state index contributed by atoms with van der Waals surface area (Å²) in [5.41, 5.74) is 1.22. The van der Waals surface area contributed by atoms with Crippen LogP contribution in [0.15, 0.2) is 0 Å². The Labute approximate surface area is 118 Å². The lowest BCUT2D eigenvalue weighted by molar-refractivity contribution is -0.115. The lowest BCUT2D eigenvalue weighted by Crippen LogP contribution is -2.31. The van der Waals surface area contributed by atoms with Gasteiger partial charge in [-0.1, -0.05) is 0 Å². The summed E-state index contributed by atoms with van der Waals surface area (Å²) in [6.45, 7) is 1.35. The predicted molar refractivity (Wildman–Crippen MR) is 72.0 cm³/mol. The van der Waals surface area contributed by atoms with Gasteiger partial charge in [-0.05, 0) is 18.5 Å². The van der Waals surface area contributed by atoms with Crippen molar-refractivity contribution in [3.8, 4) is 0 Å². The molecule has 1 aromatic heterocycles. The Morgan fingerprint density at radius 3 is 2.80 bits per heavy atom. The number of imide groups is 1. The van der Waals surface area contributed by atoms with Crippen LogP contribution < -0.4 is 15.5 Å². The summed E-state index contributed by atoms with van der Waals surface area (Å²) in [7, 11) is 1.29. The quantitative estimate of drug-likeness (QED) is 0.602. The predicted octanol–water partition coefficient (Wildman–Crippen LogP) is 0.237. The van der Waals surface area contributed by atoms with Crippen LogP contribution >= 0.6 is 11.3 Å². The van der Waals surface area contributed by atoms with Gasteiger partial charge in [0.15, 0.2) is 0 Å². The summed E-state index contributed by atoms with van der Waals surface area (Å²) in [5, 5.41) is 6.03. The molecule has 3 amide bonds. The zero-order valence-electron chi connectivity index (χ0n) is 10.8. The van der Waals surface area contributed by atoms with E-state index in [0.29, 0.717) is 23.5 Å². The van der Waals surface area contributed by atoms with Crippen LogP contribution in [-0.4, -0.2) is 38.1 Å². The van der Waals surface area contributed by atoms with E-state index in [9.17, 15) is 14.4 Å². The summed E-state index contributed by atoms with van der Waals surface area (Å²) in [4.78, 5) is 37.7. The average molecular weight is 295 g/mol. The standard InChI is InChI=1S/C12H13N3O4S/c1-19-11(17)9-6-2-3-13-4-7(6)20-10(9)15-8(16)5-14-12(15)18/h13H,2-5H2,1H3,(H,14,18). The molecule has 7 nitrogen and oxygen atoms in total. The number of nitrogens with zero attached hydrogens (tertiary/aromatic N) is 1. The summed E-state index contributed by atoms with van der Waals surface area (Å²) < 4.78 is 4.81. The molecule has 0 unspecified atom stereocenters. The van der Waals surface area contributed by atoms with Crippen molar-refractivity contribution in [3.63, 3.8) is 0 Å². The highest BCUT2D eigenvalue weighted by atomic mass is 32.1. The van der Waals surface area contributed by atoms with E-state index in [1.165, 1.54) is 18.4 Å². The van der Waals surface area contributed by atoms with E-state index in [2.05, 4.69) is 10.6 Å². The molecule has 0 spiro atoms. The number of anilines is 1. The Bertz CT molecular complexity index is 594. The van der Waals surface area contributed by atoms with Crippen LogP contribution in [0.3, 0.4) is 0 Å². The maximum Gasteiger partial charge on any atom is 0.341 e. The van der Waals surface area contributed by atoms with E-state index in [4.69, 9.17) is 4.74 Å². The van der Waals surface area contributed by atoms with Gasteiger partial charge in [0.2, 0.25) is 0 Å². The van der Waals surface area contributed by atoms with Crippen molar-refractivity contribution in [1.82, 2.24) is 10.6 Å². The maximum atomic E-state index is 12.0. The first kappa shape index (κ1) is 13.1. The van der Waals surface area contributed by atoms with Gasteiger partial charge >= 0.3 is 12.0 Å². The van der Waals surface area contributed by atoms with Gasteiger partial charge in [-0.3, -0.25) is 4.79 Å². The Balaban J connectivity index is 2.14. The molecule has 3 heterocycles. The minimum Gasteiger partial charge on any atom is -0.465 e. The van der Waals surface area contributed by atoms with E-state index in [-0.39, 0.29) is 12.5 Å². The number of thiophene rings is 1. The average Bonchev–Trinajstić information content (AvgIpc) is 2.98. The number of carbonyl (C=O) groups excluding carboxylic acids is 3. The van der Waals surface area contributed by atoms with Gasteiger partial charge < -0.3 is 15.4 Å². The third-order valence-electron chi connectivity index (χ3n) is 3.35. The molecule has 8 heteroatoms. The van der Waals surface area contributed by atoms with Crippen LogP contribution in [0.5, 0.6) is 0 Å². The van der Waals surface area contributed by atoms with Gasteiger partial charge in [-0.25, -0.2) is 14.5 Å². The molecule has 2 N–H and O–H groups in total. The Morgan fingerprint density at radius 2 is 2.15 bits per heavy atom. The fourth-order valence-electron chi connectivity index (χ4n) is 2.42. The molecule has 2 aliphatic heterocycles. The van der Waals surface area contributed by atoms with E-state index in [1.54, 1.807) is 0 Å². The van der Waals surface area contributed by atoms with Gasteiger partial charge in [0.05, 0.1) is 19.2 Å². The van der Waals surface area contributed by atoms with Crippen LogP contribution in [0.25, 0.3) is 0 Å². The second-order valence-electron chi connectivity index (χ2n) is 4.49. The van der Waals surface area contributed by atoms with Crippen molar-refractivity contribution in [2.75, 3.05) is 25.1 Å². The molecular weight excluding hydrogens is 282 g/mol. The van der Waals surface area contributed by atoms with Crippen LogP contribution in [0.4, 0.5) is 9.80 Å². The van der Waals surface area contributed by atoms with Gasteiger partial charge in [-0.2, -0.15) is 0 Å². The third kappa shape index (κ3) is 1.88. The zero-order valence-corrected chi connectivity index (χ0v) is 11.6. The molecule has 0 aromatic carbocycles. The second-order valence-corrected chi connectivity index (χ2v) is 5.57. The van der Waals surface area contributed by atoms with Gasteiger partial charge in [0, 0.05) is 11.4 Å². The monoisotopic (exact) mass is 295 g/mol. The van der Waals surface area contributed by atoms with Crippen LogP contribution in [0.1, 0.15) is 20.8 Å². The van der Waals surface area contributed by atoms with Crippen molar-refractivity contribution in [1.29, 1.82) is 0 Å². The largest absolute Gasteiger partial charge is 0.465 e. The number of rotatable bonds is 2. The molecule has 1 fully saturated rings. The van der Waals surface area contributed by atoms with Gasteiger partial charge in [0.1, 0.15) is 5.00 Å². The van der Waals surface area contributed by atoms with Crippen LogP contribution in [0.2, 0.25) is 0 Å². The zero-order chi connectivity index (χ0) is 14.3. The molecule has 20 heavy (non-hydrogen) atoms. The number of hydrogen-bond donors (Lipinski definition) is 2. The van der Waals surface area contributed by atoms with E-state index in [1.807, 2.05) is 0 Å². The molecule has 0 saturated carbocycles. The summed E-state index contributed by atoms with van der Waals surface area (Å²) in [6.07, 6.45) is 0.680. The number of ether oxygens (including phenoxy) is 1. The lowest BCUT2D eigenvalue weighted by atomic mass is 10.0. The third-order valence-corrected chi connectivity index (χ3v) is 4.56. The number of urea groups is 1. The fourth-order valence-corrected chi connectivity index (χ4v) is 3.74. The first-order chi connectivity index (χ1) is 9.63. The van der Waals surface area contributed by atoms with Crippen molar-refractivity contribution in [2.24, 2.45) is 0 Å². The van der Waals surface area contributed by atoms with E-state index < -0.39 is 12.0 Å². The highest BCUT2D eigenvalue weighted by Gasteiger charge is 2.37. The van der Waals surface area contributed by atoms with Gasteiger partial charge in [-0.15, -0.1) is 11.3 Å². The van der Waals surface area contributed by atoms with Crippen molar-refractivity contribution in [2.45, 2.75) is 13.0 Å². The summed E-state index contributed by atoms with van der Waals surface area (Å²) >= 11 is 1.29.